The van der Waals surface area contributed by atoms with Crippen LogP contribution in [0.15, 0.2) is 0 Å². The predicted octanol–water partition coefficient (Wildman–Crippen LogP) is 9.96. The van der Waals surface area contributed by atoms with Crippen molar-refractivity contribution in [3.63, 3.8) is 0 Å². The van der Waals surface area contributed by atoms with E-state index in [-0.39, 0.29) is 0 Å². The van der Waals surface area contributed by atoms with Crippen molar-refractivity contribution in [2.75, 3.05) is 0 Å². The Morgan fingerprint density at radius 1 is 0.217 bits per heavy atom. The van der Waals surface area contributed by atoms with Crippen LogP contribution in [-0.4, -0.2) is 0 Å². The molecule has 0 aromatic heterocycles. The van der Waals surface area contributed by atoms with Crippen LogP contribution in [0.5, 0.6) is 0 Å². The lowest BCUT2D eigenvalue weighted by Crippen LogP contribution is -1.66. The first-order valence-corrected chi connectivity index (χ1v) is 11.2. The van der Waals surface area contributed by atoms with E-state index in [9.17, 15) is 0 Å². The third-order valence-corrected chi connectivity index (χ3v) is 3.58. The molecule has 0 atom stereocenters. The van der Waals surface area contributed by atoms with Gasteiger partial charge >= 0.3 is 0 Å². The standard InChI is InChI=1S/3C6H14.C5H12/c3*1-3-5-6-4-2;1-3-5-4-2/h3*3-6H2,1-2H3;3-5H2,1-2H3. The van der Waals surface area contributed by atoms with Gasteiger partial charge in [0.1, 0.15) is 0 Å². The summed E-state index contributed by atoms with van der Waals surface area (Å²) in [6.07, 6.45) is 20.7. The van der Waals surface area contributed by atoms with E-state index in [2.05, 4.69) is 55.4 Å². The van der Waals surface area contributed by atoms with Crippen LogP contribution in [0.2, 0.25) is 0 Å². The van der Waals surface area contributed by atoms with E-state index < -0.39 is 0 Å². The molecule has 0 spiro atoms. The van der Waals surface area contributed by atoms with Crippen LogP contribution in [-0.2, 0) is 0 Å². The Labute approximate surface area is 152 Å². The Bertz CT molecular complexity index is 84.2. The van der Waals surface area contributed by atoms with Crippen LogP contribution >= 0.6 is 0 Å². The number of hydrogen-bond acceptors (Lipinski definition) is 0. The largest absolute Gasteiger partial charge is 0.0654 e. The fourth-order valence-electron chi connectivity index (χ4n) is 1.85. The summed E-state index contributed by atoms with van der Waals surface area (Å²) in [6, 6.07) is 0. The summed E-state index contributed by atoms with van der Waals surface area (Å²) in [6.45, 7) is 17.8. The van der Waals surface area contributed by atoms with Crippen molar-refractivity contribution in [2.45, 2.75) is 152 Å². The topological polar surface area (TPSA) is 0 Å². The predicted molar refractivity (Wildman–Crippen MR) is 115 cm³/mol. The maximum Gasteiger partial charge on any atom is -0.0536 e. The Hall–Kier alpha value is 0. The van der Waals surface area contributed by atoms with Crippen molar-refractivity contribution >= 4 is 0 Å². The molecule has 0 amide bonds. The van der Waals surface area contributed by atoms with Crippen LogP contribution in [0, 0.1) is 0 Å². The van der Waals surface area contributed by atoms with Gasteiger partial charge in [-0.2, -0.15) is 0 Å². The van der Waals surface area contributed by atoms with Gasteiger partial charge < -0.3 is 0 Å². The molecule has 0 saturated carbocycles. The summed E-state index contributed by atoms with van der Waals surface area (Å²) in [5, 5.41) is 0. The second-order valence-corrected chi connectivity index (χ2v) is 6.47. The quantitative estimate of drug-likeness (QED) is 0.330. The van der Waals surface area contributed by atoms with Gasteiger partial charge in [0, 0.05) is 0 Å². The van der Waals surface area contributed by atoms with Gasteiger partial charge in [0.15, 0.2) is 0 Å². The minimum atomic E-state index is 1.34. The summed E-state index contributed by atoms with van der Waals surface area (Å²) in [5.74, 6) is 0. The van der Waals surface area contributed by atoms with Crippen LogP contribution in [0.1, 0.15) is 152 Å². The Morgan fingerprint density at radius 3 is 0.391 bits per heavy atom. The molecule has 0 aromatic carbocycles. The van der Waals surface area contributed by atoms with Gasteiger partial charge in [-0.15, -0.1) is 0 Å². The molecular formula is C23H54. The van der Waals surface area contributed by atoms with Crippen molar-refractivity contribution < 1.29 is 0 Å². The van der Waals surface area contributed by atoms with Gasteiger partial charge in [-0.25, -0.2) is 0 Å². The maximum absolute atomic E-state index is 2.23. The monoisotopic (exact) mass is 330 g/mol. The van der Waals surface area contributed by atoms with Crippen LogP contribution in [0.25, 0.3) is 0 Å². The minimum absolute atomic E-state index is 1.34. The van der Waals surface area contributed by atoms with E-state index in [1.165, 1.54) is 96.3 Å². The highest BCUT2D eigenvalue weighted by Gasteiger charge is 1.76. The molecule has 0 bridgehead atoms. The molecule has 0 N–H and O–H groups in total. The molecule has 0 rings (SSSR count). The third kappa shape index (κ3) is 72.7. The molecule has 0 heterocycles. The zero-order valence-corrected chi connectivity index (χ0v) is 18.6. The first-order valence-electron chi connectivity index (χ1n) is 11.2. The molecule has 0 aliphatic rings. The Morgan fingerprint density at radius 2 is 0.348 bits per heavy atom. The Balaban J connectivity index is -0.000000105. The van der Waals surface area contributed by atoms with Crippen molar-refractivity contribution in [2.24, 2.45) is 0 Å². The number of hydrogen-bond donors (Lipinski definition) is 0. The van der Waals surface area contributed by atoms with Gasteiger partial charge in [0.2, 0.25) is 0 Å². The molecule has 0 unspecified atom stereocenters. The lowest BCUT2D eigenvalue weighted by molar-refractivity contribution is 0.702. The lowest BCUT2D eigenvalue weighted by atomic mass is 10.2. The van der Waals surface area contributed by atoms with Crippen LogP contribution in [0.4, 0.5) is 0 Å². The minimum Gasteiger partial charge on any atom is -0.0654 e. The molecule has 0 radical (unpaired) electrons. The van der Waals surface area contributed by atoms with Gasteiger partial charge in [0.05, 0.1) is 0 Å². The molecule has 0 aromatic rings. The highest BCUT2D eigenvalue weighted by Crippen LogP contribution is 1.96. The molecule has 0 aliphatic carbocycles. The van der Waals surface area contributed by atoms with Crippen LogP contribution < -0.4 is 0 Å². The average molecular weight is 331 g/mol. The van der Waals surface area contributed by atoms with Gasteiger partial charge in [0.25, 0.3) is 0 Å². The van der Waals surface area contributed by atoms with E-state index in [1.54, 1.807) is 0 Å². The molecule has 146 valence electrons. The molecule has 0 aliphatic heterocycles. The second-order valence-electron chi connectivity index (χ2n) is 6.47. The molecule has 0 heteroatoms. The average Bonchev–Trinajstić information content (AvgIpc) is 2.58. The second kappa shape index (κ2) is 43.1. The van der Waals surface area contributed by atoms with Crippen molar-refractivity contribution in [3.8, 4) is 0 Å². The highest BCUT2D eigenvalue weighted by atomic mass is 13.8. The first-order chi connectivity index (χ1) is 11.2. The summed E-state index contributed by atoms with van der Waals surface area (Å²) < 4.78 is 0. The number of rotatable bonds is 11. The summed E-state index contributed by atoms with van der Waals surface area (Å²) in [4.78, 5) is 0. The van der Waals surface area contributed by atoms with Gasteiger partial charge in [-0.1, -0.05) is 152 Å². The van der Waals surface area contributed by atoms with E-state index >= 15 is 0 Å². The molecule has 0 fully saturated rings. The van der Waals surface area contributed by atoms with E-state index in [0.29, 0.717) is 0 Å². The Kier molecular flexibility index (Phi) is 57.8. The van der Waals surface area contributed by atoms with E-state index in [1.807, 2.05) is 0 Å². The zero-order valence-electron chi connectivity index (χ0n) is 18.6. The van der Waals surface area contributed by atoms with Crippen molar-refractivity contribution in [1.82, 2.24) is 0 Å². The van der Waals surface area contributed by atoms with E-state index in [0.717, 1.165) is 0 Å². The molecule has 23 heavy (non-hydrogen) atoms. The summed E-state index contributed by atoms with van der Waals surface area (Å²) in [7, 11) is 0. The molecular weight excluding hydrogens is 276 g/mol. The smallest absolute Gasteiger partial charge is 0.0536 e. The maximum atomic E-state index is 2.23. The molecule has 0 saturated heterocycles. The first kappa shape index (κ1) is 30.8. The SMILES string of the molecule is CCCCC.CCCCCC.CCCCCC.CCCCCC. The lowest BCUT2D eigenvalue weighted by Gasteiger charge is -1.86. The zero-order chi connectivity index (χ0) is 18.6. The fraction of sp³-hybridized carbons (Fsp3) is 1.00. The van der Waals surface area contributed by atoms with Crippen molar-refractivity contribution in [3.05, 3.63) is 0 Å². The third-order valence-electron chi connectivity index (χ3n) is 3.58. The van der Waals surface area contributed by atoms with Crippen molar-refractivity contribution in [1.29, 1.82) is 0 Å². The molecule has 0 nitrogen and oxygen atoms in total. The van der Waals surface area contributed by atoms with Crippen LogP contribution in [0.3, 0.4) is 0 Å². The number of unbranched alkanes of at least 4 members (excludes halogenated alkanes) is 11. The van der Waals surface area contributed by atoms with Gasteiger partial charge in [-0.05, 0) is 0 Å². The normalized spacial score (nSPS) is 8.87. The summed E-state index contributed by atoms with van der Waals surface area (Å²) >= 11 is 0. The highest BCUT2D eigenvalue weighted by molar-refractivity contribution is 4.32. The van der Waals surface area contributed by atoms with Gasteiger partial charge in [-0.3, -0.25) is 0 Å². The van der Waals surface area contributed by atoms with E-state index in [4.69, 9.17) is 0 Å². The summed E-state index contributed by atoms with van der Waals surface area (Å²) in [5.41, 5.74) is 0. The fourth-order valence-corrected chi connectivity index (χ4v) is 1.85.